The van der Waals surface area contributed by atoms with E-state index in [0.717, 1.165) is 11.8 Å². The fourth-order valence-corrected chi connectivity index (χ4v) is 1.63. The summed E-state index contributed by atoms with van der Waals surface area (Å²) in [7, 11) is 0. The molecule has 2 rings (SSSR count). The van der Waals surface area contributed by atoms with Gasteiger partial charge in [0.2, 0.25) is 0 Å². The summed E-state index contributed by atoms with van der Waals surface area (Å²) in [6, 6.07) is 4.58. The number of pyridine rings is 2. The van der Waals surface area contributed by atoms with Gasteiger partial charge in [-0.3, -0.25) is 9.97 Å². The summed E-state index contributed by atoms with van der Waals surface area (Å²) >= 11 is 0. The number of aromatic nitrogens is 2. The molecule has 17 heavy (non-hydrogen) atoms. The van der Waals surface area contributed by atoms with E-state index in [1.54, 1.807) is 19.3 Å². The van der Waals surface area contributed by atoms with Crippen LogP contribution in [0, 0.1) is 12.7 Å². The Hall–Kier alpha value is -1.81. The summed E-state index contributed by atoms with van der Waals surface area (Å²) in [6.07, 6.45) is 4.38. The van der Waals surface area contributed by atoms with Gasteiger partial charge in [-0.1, -0.05) is 0 Å². The largest absolute Gasteiger partial charge is 0.379 e. The predicted octanol–water partition coefficient (Wildman–Crippen LogP) is 2.18. The molecule has 0 aliphatic heterocycles. The van der Waals surface area contributed by atoms with Crippen LogP contribution in [-0.2, 0) is 5.60 Å². The molecule has 0 spiro atoms. The lowest BCUT2D eigenvalue weighted by Gasteiger charge is -2.23. The molecule has 0 amide bonds. The molecule has 0 aromatic carbocycles. The molecule has 3 nitrogen and oxygen atoms in total. The molecule has 88 valence electrons. The highest BCUT2D eigenvalue weighted by atomic mass is 19.1. The minimum Gasteiger partial charge on any atom is -0.379 e. The summed E-state index contributed by atoms with van der Waals surface area (Å²) in [5.74, 6) is -0.424. The van der Waals surface area contributed by atoms with Crippen molar-refractivity contribution in [1.29, 1.82) is 0 Å². The first-order valence-electron chi connectivity index (χ1n) is 5.26. The maximum atomic E-state index is 12.8. The molecule has 2 aromatic rings. The lowest BCUT2D eigenvalue weighted by molar-refractivity contribution is 0.0968. The van der Waals surface area contributed by atoms with E-state index in [-0.39, 0.29) is 0 Å². The summed E-state index contributed by atoms with van der Waals surface area (Å²) in [5.41, 5.74) is 0.708. The maximum absolute atomic E-state index is 12.8. The molecular formula is C13H13FN2O. The van der Waals surface area contributed by atoms with Crippen LogP contribution in [0.5, 0.6) is 0 Å². The van der Waals surface area contributed by atoms with Gasteiger partial charge in [-0.15, -0.1) is 0 Å². The van der Waals surface area contributed by atoms with Crippen molar-refractivity contribution in [1.82, 2.24) is 9.97 Å². The van der Waals surface area contributed by atoms with Crippen molar-refractivity contribution >= 4 is 0 Å². The molecule has 0 bridgehead atoms. The van der Waals surface area contributed by atoms with E-state index in [0.29, 0.717) is 11.3 Å². The third kappa shape index (κ3) is 2.31. The minimum absolute atomic E-state index is 0.395. The first kappa shape index (κ1) is 11.7. The van der Waals surface area contributed by atoms with Crippen LogP contribution in [0.1, 0.15) is 23.7 Å². The number of aliphatic hydroxyl groups is 1. The van der Waals surface area contributed by atoms with E-state index in [9.17, 15) is 9.50 Å². The number of aryl methyl sites for hydroxylation is 1. The van der Waals surface area contributed by atoms with E-state index >= 15 is 0 Å². The first-order chi connectivity index (χ1) is 8.00. The van der Waals surface area contributed by atoms with Gasteiger partial charge in [-0.05, 0) is 37.6 Å². The van der Waals surface area contributed by atoms with Crippen LogP contribution in [0.25, 0.3) is 0 Å². The zero-order chi connectivity index (χ0) is 12.5. The third-order valence-electron chi connectivity index (χ3n) is 2.66. The van der Waals surface area contributed by atoms with Crippen LogP contribution < -0.4 is 0 Å². The molecule has 1 atom stereocenters. The number of hydrogen-bond acceptors (Lipinski definition) is 3. The molecule has 0 saturated heterocycles. The van der Waals surface area contributed by atoms with Crippen molar-refractivity contribution in [3.05, 3.63) is 59.4 Å². The number of rotatable bonds is 2. The Morgan fingerprint density at radius 3 is 2.59 bits per heavy atom. The normalized spacial score (nSPS) is 14.4. The molecule has 0 fully saturated rings. The SMILES string of the molecule is Cc1cncc(C(C)(O)c2ccc(F)cn2)c1. The second-order valence-corrected chi connectivity index (χ2v) is 4.18. The topological polar surface area (TPSA) is 46.0 Å². The summed E-state index contributed by atoms with van der Waals surface area (Å²) < 4.78 is 12.8. The predicted molar refractivity (Wildman–Crippen MR) is 61.8 cm³/mol. The highest BCUT2D eigenvalue weighted by molar-refractivity contribution is 5.31. The van der Waals surface area contributed by atoms with Crippen LogP contribution in [0.15, 0.2) is 36.8 Å². The maximum Gasteiger partial charge on any atom is 0.141 e. The Bertz CT molecular complexity index is 523. The Labute approximate surface area is 99.0 Å². The summed E-state index contributed by atoms with van der Waals surface area (Å²) in [5, 5.41) is 10.4. The van der Waals surface area contributed by atoms with Gasteiger partial charge in [-0.25, -0.2) is 4.39 Å². The number of nitrogens with zero attached hydrogens (tertiary/aromatic N) is 2. The first-order valence-corrected chi connectivity index (χ1v) is 5.26. The average Bonchev–Trinajstić information content (AvgIpc) is 2.29. The van der Waals surface area contributed by atoms with Crippen LogP contribution in [0.4, 0.5) is 4.39 Å². The zero-order valence-electron chi connectivity index (χ0n) is 9.68. The van der Waals surface area contributed by atoms with Gasteiger partial charge in [0.25, 0.3) is 0 Å². The van der Waals surface area contributed by atoms with Crippen LogP contribution in [0.3, 0.4) is 0 Å². The summed E-state index contributed by atoms with van der Waals surface area (Å²) in [4.78, 5) is 7.93. The molecule has 0 radical (unpaired) electrons. The molecule has 4 heteroatoms. The van der Waals surface area contributed by atoms with Crippen molar-refractivity contribution in [3.8, 4) is 0 Å². The van der Waals surface area contributed by atoms with Crippen LogP contribution in [-0.4, -0.2) is 15.1 Å². The second-order valence-electron chi connectivity index (χ2n) is 4.18. The molecular weight excluding hydrogens is 219 g/mol. The number of hydrogen-bond donors (Lipinski definition) is 1. The standard InChI is InChI=1S/C13H13FN2O/c1-9-5-10(7-15-6-9)13(2,17)12-4-3-11(14)8-16-12/h3-8,17H,1-2H3. The Kier molecular flexibility index (Phi) is 2.90. The molecule has 0 aliphatic rings. The molecule has 0 aliphatic carbocycles. The van der Waals surface area contributed by atoms with E-state index in [4.69, 9.17) is 0 Å². The highest BCUT2D eigenvalue weighted by Crippen LogP contribution is 2.27. The third-order valence-corrected chi connectivity index (χ3v) is 2.66. The van der Waals surface area contributed by atoms with Gasteiger partial charge in [0.15, 0.2) is 0 Å². The molecule has 2 aromatic heterocycles. The lowest BCUT2D eigenvalue weighted by Crippen LogP contribution is -2.24. The fourth-order valence-electron chi connectivity index (χ4n) is 1.63. The Morgan fingerprint density at radius 1 is 1.24 bits per heavy atom. The van der Waals surface area contributed by atoms with Gasteiger partial charge in [0.1, 0.15) is 11.4 Å². The van der Waals surface area contributed by atoms with E-state index in [2.05, 4.69) is 9.97 Å². The van der Waals surface area contributed by atoms with E-state index in [1.807, 2.05) is 13.0 Å². The van der Waals surface area contributed by atoms with Crippen molar-refractivity contribution in [2.75, 3.05) is 0 Å². The quantitative estimate of drug-likeness (QED) is 0.863. The summed E-state index contributed by atoms with van der Waals surface area (Å²) in [6.45, 7) is 3.51. The lowest BCUT2D eigenvalue weighted by atomic mass is 9.92. The van der Waals surface area contributed by atoms with Crippen LogP contribution >= 0.6 is 0 Å². The van der Waals surface area contributed by atoms with E-state index < -0.39 is 11.4 Å². The fraction of sp³-hybridized carbons (Fsp3) is 0.231. The van der Waals surface area contributed by atoms with Gasteiger partial charge >= 0.3 is 0 Å². The second kappa shape index (κ2) is 4.22. The van der Waals surface area contributed by atoms with Crippen molar-refractivity contribution in [2.24, 2.45) is 0 Å². The molecule has 1 N–H and O–H groups in total. The van der Waals surface area contributed by atoms with Crippen LogP contribution in [0.2, 0.25) is 0 Å². The molecule has 1 unspecified atom stereocenters. The monoisotopic (exact) mass is 232 g/mol. The van der Waals surface area contributed by atoms with Gasteiger partial charge in [-0.2, -0.15) is 0 Å². The van der Waals surface area contributed by atoms with Gasteiger partial charge in [0, 0.05) is 18.0 Å². The number of halogens is 1. The van der Waals surface area contributed by atoms with Gasteiger partial charge in [0.05, 0.1) is 11.9 Å². The van der Waals surface area contributed by atoms with Crippen molar-refractivity contribution in [2.45, 2.75) is 19.4 Å². The van der Waals surface area contributed by atoms with Crippen molar-refractivity contribution in [3.63, 3.8) is 0 Å². The minimum atomic E-state index is -1.27. The highest BCUT2D eigenvalue weighted by Gasteiger charge is 2.27. The zero-order valence-corrected chi connectivity index (χ0v) is 9.68. The van der Waals surface area contributed by atoms with Crippen molar-refractivity contribution < 1.29 is 9.50 Å². The molecule has 2 heterocycles. The Balaban J connectivity index is 2.45. The average molecular weight is 232 g/mol. The smallest absolute Gasteiger partial charge is 0.141 e. The van der Waals surface area contributed by atoms with Gasteiger partial charge < -0.3 is 5.11 Å². The Morgan fingerprint density at radius 2 is 2.00 bits per heavy atom. The molecule has 0 saturated carbocycles. The van der Waals surface area contributed by atoms with E-state index in [1.165, 1.54) is 12.1 Å².